The summed E-state index contributed by atoms with van der Waals surface area (Å²) in [6.07, 6.45) is 4.58. The second kappa shape index (κ2) is 5.07. The van der Waals surface area contributed by atoms with Crippen molar-refractivity contribution >= 4 is 5.91 Å². The maximum atomic E-state index is 13.4. The standard InChI is InChI=1S/C15H16FN3O/c1-19-9-11(8-18-19)12-6-13(12)15(20)17-7-10-4-2-3-5-14(10)16/h2-5,8-9,12-13H,6-7H2,1H3,(H,17,20)/t12-,13-/m0/s1. The predicted molar refractivity (Wildman–Crippen MR) is 72.3 cm³/mol. The van der Waals surface area contributed by atoms with E-state index in [1.807, 2.05) is 13.2 Å². The number of nitrogens with zero attached hydrogens (tertiary/aromatic N) is 2. The molecule has 4 nitrogen and oxygen atoms in total. The van der Waals surface area contributed by atoms with E-state index in [4.69, 9.17) is 0 Å². The van der Waals surface area contributed by atoms with Crippen LogP contribution >= 0.6 is 0 Å². The molecule has 0 bridgehead atoms. The average molecular weight is 273 g/mol. The minimum atomic E-state index is -0.285. The summed E-state index contributed by atoms with van der Waals surface area (Å²) >= 11 is 0. The molecule has 0 aliphatic heterocycles. The van der Waals surface area contributed by atoms with Crippen LogP contribution < -0.4 is 5.32 Å². The zero-order chi connectivity index (χ0) is 14.1. The summed E-state index contributed by atoms with van der Waals surface area (Å²) in [5.41, 5.74) is 1.61. The van der Waals surface area contributed by atoms with Gasteiger partial charge < -0.3 is 5.32 Å². The first-order valence-corrected chi connectivity index (χ1v) is 6.65. The number of aryl methyl sites for hydroxylation is 1. The van der Waals surface area contributed by atoms with Crippen molar-refractivity contribution in [2.24, 2.45) is 13.0 Å². The summed E-state index contributed by atoms with van der Waals surface area (Å²) in [6, 6.07) is 6.48. The van der Waals surface area contributed by atoms with Crippen LogP contribution in [0.5, 0.6) is 0 Å². The molecule has 1 aromatic carbocycles. The van der Waals surface area contributed by atoms with E-state index in [0.29, 0.717) is 5.56 Å². The van der Waals surface area contributed by atoms with Crippen LogP contribution in [-0.4, -0.2) is 15.7 Å². The van der Waals surface area contributed by atoms with Gasteiger partial charge in [-0.15, -0.1) is 0 Å². The summed E-state index contributed by atoms with van der Waals surface area (Å²) in [6.45, 7) is 0.238. The Balaban J connectivity index is 1.55. The van der Waals surface area contributed by atoms with Gasteiger partial charge >= 0.3 is 0 Å². The number of amides is 1. The lowest BCUT2D eigenvalue weighted by Gasteiger charge is -2.05. The summed E-state index contributed by atoms with van der Waals surface area (Å²) in [4.78, 5) is 12.0. The number of carbonyl (C=O) groups excluding carboxylic acids is 1. The van der Waals surface area contributed by atoms with Crippen LogP contribution in [0.15, 0.2) is 36.7 Å². The second-order valence-electron chi connectivity index (χ2n) is 5.21. The van der Waals surface area contributed by atoms with E-state index in [0.717, 1.165) is 12.0 Å². The predicted octanol–water partition coefficient (Wildman–Crippen LogP) is 1.98. The smallest absolute Gasteiger partial charge is 0.224 e. The largest absolute Gasteiger partial charge is 0.352 e. The van der Waals surface area contributed by atoms with Gasteiger partial charge in [-0.25, -0.2) is 4.39 Å². The Kier molecular flexibility index (Phi) is 3.26. The van der Waals surface area contributed by atoms with E-state index in [9.17, 15) is 9.18 Å². The molecule has 1 N–H and O–H groups in total. The highest BCUT2D eigenvalue weighted by Gasteiger charge is 2.44. The first kappa shape index (κ1) is 12.8. The number of benzene rings is 1. The molecule has 0 unspecified atom stereocenters. The number of hydrogen-bond donors (Lipinski definition) is 1. The topological polar surface area (TPSA) is 46.9 Å². The molecule has 2 atom stereocenters. The second-order valence-corrected chi connectivity index (χ2v) is 5.21. The molecule has 0 spiro atoms. The first-order chi connectivity index (χ1) is 9.65. The van der Waals surface area contributed by atoms with Crippen molar-refractivity contribution in [2.45, 2.75) is 18.9 Å². The fourth-order valence-corrected chi connectivity index (χ4v) is 2.44. The molecule has 20 heavy (non-hydrogen) atoms. The van der Waals surface area contributed by atoms with Crippen molar-refractivity contribution in [3.63, 3.8) is 0 Å². The minimum absolute atomic E-state index is 0.00836. The van der Waals surface area contributed by atoms with Crippen LogP contribution in [0.4, 0.5) is 4.39 Å². The average Bonchev–Trinajstić information content (AvgIpc) is 3.13. The van der Waals surface area contributed by atoms with Crippen molar-refractivity contribution in [3.05, 3.63) is 53.6 Å². The summed E-state index contributed by atoms with van der Waals surface area (Å²) < 4.78 is 15.2. The fourth-order valence-electron chi connectivity index (χ4n) is 2.44. The molecule has 0 saturated heterocycles. The molecule has 1 saturated carbocycles. The maximum absolute atomic E-state index is 13.4. The number of aromatic nitrogens is 2. The lowest BCUT2D eigenvalue weighted by molar-refractivity contribution is -0.122. The molecule has 0 radical (unpaired) electrons. The zero-order valence-electron chi connectivity index (χ0n) is 11.2. The van der Waals surface area contributed by atoms with E-state index < -0.39 is 0 Å². The summed E-state index contributed by atoms with van der Waals surface area (Å²) in [5.74, 6) is -0.0511. The van der Waals surface area contributed by atoms with Crippen LogP contribution in [-0.2, 0) is 18.4 Å². The maximum Gasteiger partial charge on any atom is 0.224 e. The Hall–Kier alpha value is -2.17. The molecule has 1 aliphatic rings. The molecule has 1 fully saturated rings. The molecule has 5 heteroatoms. The molecule has 2 aromatic rings. The molecular weight excluding hydrogens is 257 g/mol. The van der Waals surface area contributed by atoms with Gasteiger partial charge in [-0.3, -0.25) is 9.48 Å². The van der Waals surface area contributed by atoms with Gasteiger partial charge in [0.2, 0.25) is 5.91 Å². The summed E-state index contributed by atoms with van der Waals surface area (Å²) in [5, 5.41) is 6.91. The molecule has 3 rings (SSSR count). The lowest BCUT2D eigenvalue weighted by Crippen LogP contribution is -2.25. The van der Waals surface area contributed by atoms with Crippen LogP contribution in [0, 0.1) is 11.7 Å². The Morgan fingerprint density at radius 2 is 2.30 bits per heavy atom. The Morgan fingerprint density at radius 3 is 3.00 bits per heavy atom. The van der Waals surface area contributed by atoms with Crippen molar-refractivity contribution < 1.29 is 9.18 Å². The lowest BCUT2D eigenvalue weighted by atomic mass is 10.2. The quantitative estimate of drug-likeness (QED) is 0.926. The van der Waals surface area contributed by atoms with E-state index in [1.165, 1.54) is 6.07 Å². The van der Waals surface area contributed by atoms with Gasteiger partial charge in [-0.1, -0.05) is 18.2 Å². The van der Waals surface area contributed by atoms with E-state index in [-0.39, 0.29) is 30.1 Å². The van der Waals surface area contributed by atoms with Crippen LogP contribution in [0.3, 0.4) is 0 Å². The number of rotatable bonds is 4. The molecule has 1 aromatic heterocycles. The Morgan fingerprint density at radius 1 is 1.50 bits per heavy atom. The Labute approximate surface area is 116 Å². The SMILES string of the molecule is Cn1cc([C@@H]2C[C@@H]2C(=O)NCc2ccccc2F)cn1. The molecule has 1 amide bonds. The van der Waals surface area contributed by atoms with Gasteiger partial charge in [-0.2, -0.15) is 5.10 Å². The summed E-state index contributed by atoms with van der Waals surface area (Å²) in [7, 11) is 1.86. The van der Waals surface area contributed by atoms with E-state index in [2.05, 4.69) is 10.4 Å². The fraction of sp³-hybridized carbons (Fsp3) is 0.333. The molecular formula is C15H16FN3O. The zero-order valence-corrected chi connectivity index (χ0v) is 11.2. The highest BCUT2D eigenvalue weighted by Crippen LogP contribution is 2.47. The van der Waals surface area contributed by atoms with Gasteiger partial charge in [0.25, 0.3) is 0 Å². The number of hydrogen-bond acceptors (Lipinski definition) is 2. The number of carbonyl (C=O) groups is 1. The van der Waals surface area contributed by atoms with Gasteiger partial charge in [0.15, 0.2) is 0 Å². The monoisotopic (exact) mass is 273 g/mol. The highest BCUT2D eigenvalue weighted by molar-refractivity contribution is 5.82. The number of nitrogens with one attached hydrogen (secondary N) is 1. The third-order valence-corrected chi connectivity index (χ3v) is 3.69. The van der Waals surface area contributed by atoms with Crippen LogP contribution in [0.2, 0.25) is 0 Å². The van der Waals surface area contributed by atoms with E-state index in [1.54, 1.807) is 29.1 Å². The van der Waals surface area contributed by atoms with Gasteiger partial charge in [0, 0.05) is 31.3 Å². The van der Waals surface area contributed by atoms with Crippen molar-refractivity contribution in [3.8, 4) is 0 Å². The van der Waals surface area contributed by atoms with Crippen molar-refractivity contribution in [2.75, 3.05) is 0 Å². The molecule has 1 heterocycles. The minimum Gasteiger partial charge on any atom is -0.352 e. The Bertz CT molecular complexity index is 638. The van der Waals surface area contributed by atoms with Gasteiger partial charge in [-0.05, 0) is 24.0 Å². The number of halogens is 1. The van der Waals surface area contributed by atoms with Gasteiger partial charge in [0.05, 0.1) is 6.20 Å². The third kappa shape index (κ3) is 2.57. The van der Waals surface area contributed by atoms with Crippen molar-refractivity contribution in [1.82, 2.24) is 15.1 Å². The highest BCUT2D eigenvalue weighted by atomic mass is 19.1. The third-order valence-electron chi connectivity index (χ3n) is 3.69. The van der Waals surface area contributed by atoms with Crippen LogP contribution in [0.1, 0.15) is 23.5 Å². The molecule has 104 valence electrons. The first-order valence-electron chi connectivity index (χ1n) is 6.65. The normalized spacial score (nSPS) is 20.7. The van der Waals surface area contributed by atoms with Crippen LogP contribution in [0.25, 0.3) is 0 Å². The van der Waals surface area contributed by atoms with Gasteiger partial charge in [0.1, 0.15) is 5.82 Å². The molecule has 1 aliphatic carbocycles. The van der Waals surface area contributed by atoms with Crippen molar-refractivity contribution in [1.29, 1.82) is 0 Å². The van der Waals surface area contributed by atoms with E-state index >= 15 is 0 Å².